The van der Waals surface area contributed by atoms with Gasteiger partial charge in [-0.15, -0.1) is 0 Å². The third-order valence-corrected chi connectivity index (χ3v) is 3.76. The van der Waals surface area contributed by atoms with Gasteiger partial charge in [-0.25, -0.2) is 0 Å². The van der Waals surface area contributed by atoms with Crippen molar-refractivity contribution in [2.45, 2.75) is 96.2 Å². The van der Waals surface area contributed by atoms with Crippen molar-refractivity contribution in [1.82, 2.24) is 0 Å². The molecular formula is C18H34O4. The molecule has 0 aromatic heterocycles. The summed E-state index contributed by atoms with van der Waals surface area (Å²) in [5.74, 6) is -0.708. The van der Waals surface area contributed by atoms with Gasteiger partial charge in [-0.3, -0.25) is 4.79 Å². The maximum absolute atomic E-state index is 10.3. The maximum Gasteiger partial charge on any atom is 0.303 e. The predicted octanol–water partition coefficient (Wildman–Crippen LogP) is 4.05. The number of allylic oxidation sites excluding steroid dienone is 1. The van der Waals surface area contributed by atoms with Crippen molar-refractivity contribution < 1.29 is 20.1 Å². The molecule has 0 saturated heterocycles. The van der Waals surface area contributed by atoms with Gasteiger partial charge in [-0.05, 0) is 19.3 Å². The zero-order chi connectivity index (χ0) is 16.6. The van der Waals surface area contributed by atoms with Gasteiger partial charge in [-0.1, -0.05) is 64.0 Å². The molecule has 0 aliphatic rings. The van der Waals surface area contributed by atoms with E-state index in [0.29, 0.717) is 6.42 Å². The van der Waals surface area contributed by atoms with E-state index in [1.807, 2.05) is 6.08 Å². The molecule has 0 spiro atoms. The van der Waals surface area contributed by atoms with Gasteiger partial charge in [0.2, 0.25) is 0 Å². The minimum Gasteiger partial charge on any atom is -0.481 e. The number of hydrogen-bond acceptors (Lipinski definition) is 3. The summed E-state index contributed by atoms with van der Waals surface area (Å²) < 4.78 is 0. The van der Waals surface area contributed by atoms with Crippen LogP contribution < -0.4 is 0 Å². The SMILES string of the molecule is CCCC=CC(O)CC(O)CCCCCCCCCC(=O)O. The van der Waals surface area contributed by atoms with E-state index in [1.54, 1.807) is 6.08 Å². The van der Waals surface area contributed by atoms with Gasteiger partial charge in [0.25, 0.3) is 0 Å². The van der Waals surface area contributed by atoms with Crippen LogP contribution in [0.5, 0.6) is 0 Å². The van der Waals surface area contributed by atoms with Gasteiger partial charge in [0.05, 0.1) is 12.2 Å². The van der Waals surface area contributed by atoms with Crippen LogP contribution in [-0.2, 0) is 4.79 Å². The summed E-state index contributed by atoms with van der Waals surface area (Å²) in [6.07, 6.45) is 13.5. The van der Waals surface area contributed by atoms with Gasteiger partial charge in [-0.2, -0.15) is 0 Å². The Labute approximate surface area is 135 Å². The summed E-state index contributed by atoms with van der Waals surface area (Å²) >= 11 is 0. The molecule has 0 rings (SSSR count). The quantitative estimate of drug-likeness (QED) is 0.315. The number of hydrogen-bond donors (Lipinski definition) is 3. The standard InChI is InChI=1S/C18H34O4/c1-2-3-9-12-16(19)15-17(20)13-10-7-5-4-6-8-11-14-18(21)22/h9,12,16-17,19-20H,2-8,10-11,13-15H2,1H3,(H,21,22). The Kier molecular flexibility index (Phi) is 14.4. The second kappa shape index (κ2) is 15.0. The second-order valence-corrected chi connectivity index (χ2v) is 6.08. The molecule has 2 atom stereocenters. The Balaban J connectivity index is 3.37. The molecule has 0 aromatic carbocycles. The van der Waals surface area contributed by atoms with E-state index in [4.69, 9.17) is 5.11 Å². The minimum absolute atomic E-state index is 0.279. The van der Waals surface area contributed by atoms with Crippen LogP contribution in [0.2, 0.25) is 0 Å². The van der Waals surface area contributed by atoms with E-state index >= 15 is 0 Å². The van der Waals surface area contributed by atoms with Gasteiger partial charge >= 0.3 is 5.97 Å². The van der Waals surface area contributed by atoms with Crippen LogP contribution in [0.3, 0.4) is 0 Å². The molecule has 22 heavy (non-hydrogen) atoms. The molecule has 0 saturated carbocycles. The van der Waals surface area contributed by atoms with Gasteiger partial charge in [0.15, 0.2) is 0 Å². The van der Waals surface area contributed by atoms with Crippen molar-refractivity contribution in [2.75, 3.05) is 0 Å². The smallest absolute Gasteiger partial charge is 0.303 e. The van der Waals surface area contributed by atoms with Crippen LogP contribution in [0.25, 0.3) is 0 Å². The average Bonchev–Trinajstić information content (AvgIpc) is 2.45. The highest BCUT2D eigenvalue weighted by molar-refractivity contribution is 5.66. The topological polar surface area (TPSA) is 77.8 Å². The number of aliphatic carboxylic acids is 1. The Morgan fingerprint density at radius 1 is 1.00 bits per heavy atom. The summed E-state index contributed by atoms with van der Waals surface area (Å²) in [4.78, 5) is 10.3. The summed E-state index contributed by atoms with van der Waals surface area (Å²) in [6.45, 7) is 2.09. The number of rotatable bonds is 15. The highest BCUT2D eigenvalue weighted by atomic mass is 16.4. The van der Waals surface area contributed by atoms with Gasteiger partial charge in [0, 0.05) is 12.8 Å². The highest BCUT2D eigenvalue weighted by Crippen LogP contribution is 2.13. The molecule has 4 nitrogen and oxygen atoms in total. The summed E-state index contributed by atoms with van der Waals surface area (Å²) in [7, 11) is 0. The minimum atomic E-state index is -0.708. The van der Waals surface area contributed by atoms with E-state index in [1.165, 1.54) is 0 Å². The Hall–Kier alpha value is -0.870. The molecular weight excluding hydrogens is 280 g/mol. The van der Waals surface area contributed by atoms with Crippen molar-refractivity contribution in [3.63, 3.8) is 0 Å². The number of carbonyl (C=O) groups is 1. The third-order valence-electron chi connectivity index (χ3n) is 3.76. The lowest BCUT2D eigenvalue weighted by molar-refractivity contribution is -0.137. The summed E-state index contributed by atoms with van der Waals surface area (Å²) in [5.41, 5.74) is 0. The van der Waals surface area contributed by atoms with E-state index in [9.17, 15) is 15.0 Å². The molecule has 130 valence electrons. The predicted molar refractivity (Wildman–Crippen MR) is 89.9 cm³/mol. The first kappa shape index (κ1) is 21.1. The van der Waals surface area contributed by atoms with E-state index < -0.39 is 18.2 Å². The number of aliphatic hydroxyl groups excluding tert-OH is 2. The van der Waals surface area contributed by atoms with Crippen LogP contribution in [0.4, 0.5) is 0 Å². The fourth-order valence-corrected chi connectivity index (χ4v) is 2.44. The Morgan fingerprint density at radius 2 is 1.59 bits per heavy atom. The molecule has 0 aromatic rings. The van der Waals surface area contributed by atoms with E-state index in [2.05, 4.69) is 6.92 Å². The largest absolute Gasteiger partial charge is 0.481 e. The molecule has 4 heteroatoms. The van der Waals surface area contributed by atoms with Crippen molar-refractivity contribution >= 4 is 5.97 Å². The fourth-order valence-electron chi connectivity index (χ4n) is 2.44. The van der Waals surface area contributed by atoms with Crippen molar-refractivity contribution in [1.29, 1.82) is 0 Å². The van der Waals surface area contributed by atoms with Crippen LogP contribution in [-0.4, -0.2) is 33.5 Å². The lowest BCUT2D eigenvalue weighted by Crippen LogP contribution is -2.15. The van der Waals surface area contributed by atoms with E-state index in [-0.39, 0.29) is 6.42 Å². The first-order valence-corrected chi connectivity index (χ1v) is 8.80. The Bertz CT molecular complexity index is 289. The second-order valence-electron chi connectivity index (χ2n) is 6.08. The van der Waals surface area contributed by atoms with Gasteiger partial charge < -0.3 is 15.3 Å². The highest BCUT2D eigenvalue weighted by Gasteiger charge is 2.08. The van der Waals surface area contributed by atoms with Crippen LogP contribution in [0.1, 0.15) is 84.0 Å². The molecule has 0 aliphatic heterocycles. The number of carboxylic acid groups (broad SMARTS) is 1. The first-order chi connectivity index (χ1) is 10.6. The molecule has 0 amide bonds. The van der Waals surface area contributed by atoms with Crippen LogP contribution in [0, 0.1) is 0 Å². The molecule has 0 radical (unpaired) electrons. The molecule has 0 heterocycles. The lowest BCUT2D eigenvalue weighted by Gasteiger charge is -2.12. The lowest BCUT2D eigenvalue weighted by atomic mass is 10.0. The normalized spacial score (nSPS) is 14.3. The molecule has 3 N–H and O–H groups in total. The molecule has 2 unspecified atom stereocenters. The monoisotopic (exact) mass is 314 g/mol. The van der Waals surface area contributed by atoms with Crippen molar-refractivity contribution in [3.05, 3.63) is 12.2 Å². The molecule has 0 bridgehead atoms. The van der Waals surface area contributed by atoms with Crippen LogP contribution in [0.15, 0.2) is 12.2 Å². The fraction of sp³-hybridized carbons (Fsp3) is 0.833. The maximum atomic E-state index is 10.3. The third kappa shape index (κ3) is 15.5. The Morgan fingerprint density at radius 3 is 2.18 bits per heavy atom. The molecule has 0 aliphatic carbocycles. The van der Waals surface area contributed by atoms with E-state index in [0.717, 1.165) is 64.2 Å². The zero-order valence-electron chi connectivity index (χ0n) is 14.0. The number of aliphatic hydroxyl groups is 2. The molecule has 0 fully saturated rings. The summed E-state index contributed by atoms with van der Waals surface area (Å²) in [5, 5.41) is 28.1. The zero-order valence-corrected chi connectivity index (χ0v) is 14.0. The van der Waals surface area contributed by atoms with Gasteiger partial charge in [0.1, 0.15) is 0 Å². The average molecular weight is 314 g/mol. The number of unbranched alkanes of at least 4 members (excludes halogenated alkanes) is 7. The van der Waals surface area contributed by atoms with Crippen molar-refractivity contribution in [3.8, 4) is 0 Å². The number of carboxylic acids is 1. The first-order valence-electron chi connectivity index (χ1n) is 8.80. The van der Waals surface area contributed by atoms with Crippen molar-refractivity contribution in [2.24, 2.45) is 0 Å². The van der Waals surface area contributed by atoms with Crippen LogP contribution >= 0.6 is 0 Å². The summed E-state index contributed by atoms with van der Waals surface area (Å²) in [6, 6.07) is 0.